The van der Waals surface area contributed by atoms with Gasteiger partial charge in [0.25, 0.3) is 0 Å². The molecule has 0 aromatic carbocycles. The van der Waals surface area contributed by atoms with Crippen LogP contribution in [0.4, 0.5) is 0 Å². The van der Waals surface area contributed by atoms with E-state index < -0.39 is 0 Å². The Morgan fingerprint density at radius 2 is 1.60 bits per heavy atom. The monoisotopic (exact) mass is 278 g/mol. The van der Waals surface area contributed by atoms with Crippen molar-refractivity contribution in [1.82, 2.24) is 10.2 Å². The van der Waals surface area contributed by atoms with Crippen LogP contribution >= 0.6 is 0 Å². The summed E-state index contributed by atoms with van der Waals surface area (Å²) in [7, 11) is 0. The molecule has 1 saturated heterocycles. The molecular formula is C18H34N2. The van der Waals surface area contributed by atoms with Gasteiger partial charge in [-0.05, 0) is 64.0 Å². The van der Waals surface area contributed by atoms with Crippen LogP contribution in [-0.2, 0) is 0 Å². The summed E-state index contributed by atoms with van der Waals surface area (Å²) >= 11 is 0. The molecule has 2 saturated carbocycles. The molecule has 1 heterocycles. The number of hydrogen-bond acceptors (Lipinski definition) is 2. The summed E-state index contributed by atoms with van der Waals surface area (Å²) in [6, 6.07) is 1.56. The van der Waals surface area contributed by atoms with Gasteiger partial charge in [-0.25, -0.2) is 0 Å². The highest BCUT2D eigenvalue weighted by Gasteiger charge is 2.36. The summed E-state index contributed by atoms with van der Waals surface area (Å²) in [4.78, 5) is 2.75. The first-order valence-corrected chi connectivity index (χ1v) is 9.25. The molecule has 1 unspecified atom stereocenters. The Morgan fingerprint density at radius 3 is 2.25 bits per heavy atom. The van der Waals surface area contributed by atoms with Gasteiger partial charge in [0.15, 0.2) is 0 Å². The third kappa shape index (κ3) is 3.57. The Labute approximate surface area is 125 Å². The average Bonchev–Trinajstić information content (AvgIpc) is 3.00. The number of rotatable bonds is 4. The lowest BCUT2D eigenvalue weighted by Crippen LogP contribution is -2.49. The van der Waals surface area contributed by atoms with Gasteiger partial charge < -0.3 is 5.32 Å². The van der Waals surface area contributed by atoms with Gasteiger partial charge in [-0.2, -0.15) is 0 Å². The molecule has 20 heavy (non-hydrogen) atoms. The van der Waals surface area contributed by atoms with E-state index in [2.05, 4.69) is 17.1 Å². The molecule has 2 aliphatic carbocycles. The van der Waals surface area contributed by atoms with Crippen molar-refractivity contribution < 1.29 is 0 Å². The highest BCUT2D eigenvalue weighted by atomic mass is 15.2. The van der Waals surface area contributed by atoms with Crippen LogP contribution in [0.25, 0.3) is 0 Å². The lowest BCUT2D eigenvalue weighted by atomic mass is 9.68. The summed E-state index contributed by atoms with van der Waals surface area (Å²) in [6.07, 6.45) is 16.2. The summed E-state index contributed by atoms with van der Waals surface area (Å²) in [6.45, 7) is 6.35. The minimum absolute atomic E-state index is 0.733. The van der Waals surface area contributed by atoms with Gasteiger partial charge in [-0.15, -0.1) is 0 Å². The first kappa shape index (κ1) is 14.8. The third-order valence-corrected chi connectivity index (χ3v) is 6.45. The van der Waals surface area contributed by atoms with Gasteiger partial charge in [-0.1, -0.05) is 32.1 Å². The van der Waals surface area contributed by atoms with Crippen LogP contribution in [0.3, 0.4) is 0 Å². The zero-order chi connectivity index (χ0) is 13.8. The molecule has 0 bridgehead atoms. The topological polar surface area (TPSA) is 15.3 Å². The molecule has 1 atom stereocenters. The SMILES string of the molecule is CC(CNC1CCCC1)N1CCC2(CCCCC2)CC1. The van der Waals surface area contributed by atoms with Crippen molar-refractivity contribution >= 4 is 0 Å². The number of nitrogens with one attached hydrogen (secondary N) is 1. The van der Waals surface area contributed by atoms with E-state index in [1.807, 2.05) is 0 Å². The van der Waals surface area contributed by atoms with E-state index in [1.165, 1.54) is 90.3 Å². The van der Waals surface area contributed by atoms with Crippen LogP contribution in [0.15, 0.2) is 0 Å². The van der Waals surface area contributed by atoms with Crippen LogP contribution in [0.2, 0.25) is 0 Å². The second kappa shape index (κ2) is 6.79. The zero-order valence-corrected chi connectivity index (χ0v) is 13.5. The summed E-state index contributed by atoms with van der Waals surface area (Å²) in [5.41, 5.74) is 0.757. The largest absolute Gasteiger partial charge is 0.312 e. The van der Waals surface area contributed by atoms with E-state index in [4.69, 9.17) is 0 Å². The predicted octanol–water partition coefficient (Wildman–Crippen LogP) is 3.95. The minimum Gasteiger partial charge on any atom is -0.312 e. The molecule has 1 N–H and O–H groups in total. The molecule has 0 radical (unpaired) electrons. The molecular weight excluding hydrogens is 244 g/mol. The van der Waals surface area contributed by atoms with E-state index >= 15 is 0 Å². The molecule has 3 fully saturated rings. The summed E-state index contributed by atoms with van der Waals surface area (Å²) in [5, 5.41) is 3.81. The number of likely N-dealkylation sites (tertiary alicyclic amines) is 1. The summed E-state index contributed by atoms with van der Waals surface area (Å²) in [5.74, 6) is 0. The van der Waals surface area contributed by atoms with Gasteiger partial charge in [0.1, 0.15) is 0 Å². The molecule has 1 spiro atoms. The van der Waals surface area contributed by atoms with Crippen molar-refractivity contribution in [1.29, 1.82) is 0 Å². The molecule has 0 amide bonds. The lowest BCUT2D eigenvalue weighted by molar-refractivity contribution is 0.0484. The Hall–Kier alpha value is -0.0800. The van der Waals surface area contributed by atoms with Crippen LogP contribution in [-0.4, -0.2) is 36.6 Å². The van der Waals surface area contributed by atoms with Gasteiger partial charge >= 0.3 is 0 Å². The number of hydrogen-bond donors (Lipinski definition) is 1. The van der Waals surface area contributed by atoms with Crippen molar-refractivity contribution in [2.24, 2.45) is 5.41 Å². The van der Waals surface area contributed by atoms with E-state index in [1.54, 1.807) is 0 Å². The van der Waals surface area contributed by atoms with E-state index in [0.29, 0.717) is 0 Å². The Balaban J connectivity index is 1.40. The lowest BCUT2D eigenvalue weighted by Gasteiger charge is -2.46. The molecule has 2 nitrogen and oxygen atoms in total. The van der Waals surface area contributed by atoms with Gasteiger partial charge in [0.05, 0.1) is 0 Å². The number of piperidine rings is 1. The third-order valence-electron chi connectivity index (χ3n) is 6.45. The molecule has 3 aliphatic rings. The van der Waals surface area contributed by atoms with E-state index in [-0.39, 0.29) is 0 Å². The average molecular weight is 278 g/mol. The van der Waals surface area contributed by atoms with Crippen molar-refractivity contribution in [2.75, 3.05) is 19.6 Å². The van der Waals surface area contributed by atoms with E-state index in [0.717, 1.165) is 17.5 Å². The maximum atomic E-state index is 3.81. The molecule has 3 rings (SSSR count). The minimum atomic E-state index is 0.733. The standard InChI is InChI=1S/C18H34N2/c1-16(15-19-17-7-3-4-8-17)20-13-11-18(12-14-20)9-5-2-6-10-18/h16-17,19H,2-15H2,1H3. The van der Waals surface area contributed by atoms with Gasteiger partial charge in [0.2, 0.25) is 0 Å². The molecule has 0 aromatic heterocycles. The molecule has 1 aliphatic heterocycles. The van der Waals surface area contributed by atoms with Crippen molar-refractivity contribution in [2.45, 2.75) is 89.6 Å². The van der Waals surface area contributed by atoms with Crippen LogP contribution in [0, 0.1) is 5.41 Å². The molecule has 0 aromatic rings. The van der Waals surface area contributed by atoms with E-state index in [9.17, 15) is 0 Å². The summed E-state index contributed by atoms with van der Waals surface area (Å²) < 4.78 is 0. The fraction of sp³-hybridized carbons (Fsp3) is 1.00. The van der Waals surface area contributed by atoms with Gasteiger partial charge in [-0.3, -0.25) is 4.90 Å². The highest BCUT2D eigenvalue weighted by Crippen LogP contribution is 2.44. The second-order valence-electron chi connectivity index (χ2n) is 7.84. The maximum absolute atomic E-state index is 3.81. The van der Waals surface area contributed by atoms with Crippen molar-refractivity contribution in [3.05, 3.63) is 0 Å². The predicted molar refractivity (Wildman–Crippen MR) is 86.0 cm³/mol. The van der Waals surface area contributed by atoms with Crippen LogP contribution < -0.4 is 5.32 Å². The zero-order valence-electron chi connectivity index (χ0n) is 13.5. The first-order chi connectivity index (χ1) is 9.77. The normalized spacial score (nSPS) is 29.9. The van der Waals surface area contributed by atoms with Crippen molar-refractivity contribution in [3.8, 4) is 0 Å². The Kier molecular flexibility index (Phi) is 5.04. The maximum Gasteiger partial charge on any atom is 0.0192 e. The quantitative estimate of drug-likeness (QED) is 0.837. The first-order valence-electron chi connectivity index (χ1n) is 9.25. The Morgan fingerprint density at radius 1 is 0.950 bits per heavy atom. The smallest absolute Gasteiger partial charge is 0.0192 e. The van der Waals surface area contributed by atoms with Crippen LogP contribution in [0.5, 0.6) is 0 Å². The fourth-order valence-electron chi connectivity index (χ4n) is 4.84. The second-order valence-corrected chi connectivity index (χ2v) is 7.84. The van der Waals surface area contributed by atoms with Gasteiger partial charge in [0, 0.05) is 18.6 Å². The fourth-order valence-corrected chi connectivity index (χ4v) is 4.84. The highest BCUT2D eigenvalue weighted by molar-refractivity contribution is 4.90. The van der Waals surface area contributed by atoms with Crippen molar-refractivity contribution in [3.63, 3.8) is 0 Å². The van der Waals surface area contributed by atoms with Crippen LogP contribution in [0.1, 0.15) is 77.6 Å². The molecule has 116 valence electrons. The Bertz CT molecular complexity index is 280. The molecule has 2 heteroatoms. The number of nitrogens with zero attached hydrogens (tertiary/aromatic N) is 1.